The van der Waals surface area contributed by atoms with Gasteiger partial charge in [0.25, 0.3) is 0 Å². The summed E-state index contributed by atoms with van der Waals surface area (Å²) in [6, 6.07) is 9.98. The third-order valence-electron chi connectivity index (χ3n) is 3.42. The van der Waals surface area contributed by atoms with E-state index in [0.717, 1.165) is 24.1 Å². The van der Waals surface area contributed by atoms with Gasteiger partial charge in [-0.15, -0.1) is 0 Å². The number of hydrogen-bond acceptors (Lipinski definition) is 3. The molecule has 1 amide bonds. The second-order valence-electron chi connectivity index (χ2n) is 4.69. The molecule has 0 radical (unpaired) electrons. The van der Waals surface area contributed by atoms with Crippen LogP contribution < -0.4 is 10.6 Å². The minimum absolute atomic E-state index is 0.0540. The molecule has 0 spiro atoms. The molecule has 98 valence electrons. The standard InChI is InChI=1S/C15H16N2OS/c18-15(17-9-11-6-8-19-10-11)14-13-4-2-1-3-12(13)5-7-16-14/h1-4,6,8,10,14,16H,5,7,9H2,(H,17,18). The van der Waals surface area contributed by atoms with E-state index in [1.165, 1.54) is 5.56 Å². The molecular weight excluding hydrogens is 256 g/mol. The molecule has 0 bridgehead atoms. The highest BCUT2D eigenvalue weighted by Gasteiger charge is 2.25. The average Bonchev–Trinajstić information content (AvgIpc) is 2.97. The second-order valence-corrected chi connectivity index (χ2v) is 5.47. The first-order valence-electron chi connectivity index (χ1n) is 6.44. The van der Waals surface area contributed by atoms with Gasteiger partial charge in [-0.1, -0.05) is 24.3 Å². The predicted molar refractivity (Wildman–Crippen MR) is 77.1 cm³/mol. The van der Waals surface area contributed by atoms with Crippen molar-refractivity contribution in [2.75, 3.05) is 6.54 Å². The van der Waals surface area contributed by atoms with Crippen molar-refractivity contribution < 1.29 is 4.79 Å². The molecule has 2 heterocycles. The number of amides is 1. The van der Waals surface area contributed by atoms with Gasteiger partial charge in [0.1, 0.15) is 6.04 Å². The van der Waals surface area contributed by atoms with Crippen molar-refractivity contribution in [3.63, 3.8) is 0 Å². The molecular formula is C15H16N2OS. The Morgan fingerprint density at radius 2 is 2.26 bits per heavy atom. The van der Waals surface area contributed by atoms with Crippen molar-refractivity contribution in [1.82, 2.24) is 10.6 Å². The van der Waals surface area contributed by atoms with E-state index in [9.17, 15) is 4.79 Å². The zero-order valence-electron chi connectivity index (χ0n) is 10.6. The van der Waals surface area contributed by atoms with Crippen molar-refractivity contribution in [2.45, 2.75) is 19.0 Å². The van der Waals surface area contributed by atoms with E-state index < -0.39 is 0 Å². The maximum atomic E-state index is 12.3. The molecule has 1 aromatic carbocycles. The summed E-state index contributed by atoms with van der Waals surface area (Å²) >= 11 is 1.65. The zero-order chi connectivity index (χ0) is 13.1. The van der Waals surface area contributed by atoms with E-state index in [-0.39, 0.29) is 11.9 Å². The van der Waals surface area contributed by atoms with E-state index in [1.807, 2.05) is 29.6 Å². The minimum atomic E-state index is -0.219. The first-order chi connectivity index (χ1) is 9.34. The molecule has 1 aliphatic heterocycles. The molecule has 1 atom stereocenters. The van der Waals surface area contributed by atoms with Crippen LogP contribution in [-0.2, 0) is 17.8 Å². The van der Waals surface area contributed by atoms with Crippen molar-refractivity contribution in [1.29, 1.82) is 0 Å². The van der Waals surface area contributed by atoms with Gasteiger partial charge in [-0.05, 0) is 39.9 Å². The monoisotopic (exact) mass is 272 g/mol. The molecule has 1 aliphatic rings. The van der Waals surface area contributed by atoms with Gasteiger partial charge in [0.15, 0.2) is 0 Å². The van der Waals surface area contributed by atoms with E-state index >= 15 is 0 Å². The Kier molecular flexibility index (Phi) is 3.62. The number of nitrogens with one attached hydrogen (secondary N) is 2. The number of hydrogen-bond donors (Lipinski definition) is 2. The van der Waals surface area contributed by atoms with Crippen LogP contribution in [0.1, 0.15) is 22.7 Å². The summed E-state index contributed by atoms with van der Waals surface area (Å²) in [5.41, 5.74) is 3.54. The van der Waals surface area contributed by atoms with Crippen LogP contribution in [0.3, 0.4) is 0 Å². The van der Waals surface area contributed by atoms with Gasteiger partial charge in [0, 0.05) is 13.1 Å². The van der Waals surface area contributed by atoms with Gasteiger partial charge in [0.2, 0.25) is 5.91 Å². The minimum Gasteiger partial charge on any atom is -0.350 e. The number of carbonyl (C=O) groups is 1. The van der Waals surface area contributed by atoms with Crippen LogP contribution in [0.5, 0.6) is 0 Å². The summed E-state index contributed by atoms with van der Waals surface area (Å²) < 4.78 is 0. The van der Waals surface area contributed by atoms with E-state index in [1.54, 1.807) is 11.3 Å². The Morgan fingerprint density at radius 1 is 1.37 bits per heavy atom. The summed E-state index contributed by atoms with van der Waals surface area (Å²) in [5, 5.41) is 10.4. The Hall–Kier alpha value is -1.65. The SMILES string of the molecule is O=C(NCc1ccsc1)C1NCCc2ccccc21. The fraction of sp³-hybridized carbons (Fsp3) is 0.267. The molecule has 3 nitrogen and oxygen atoms in total. The lowest BCUT2D eigenvalue weighted by Crippen LogP contribution is -2.41. The lowest BCUT2D eigenvalue weighted by molar-refractivity contribution is -0.123. The maximum Gasteiger partial charge on any atom is 0.242 e. The fourth-order valence-electron chi connectivity index (χ4n) is 2.42. The van der Waals surface area contributed by atoms with Gasteiger partial charge in [-0.2, -0.15) is 11.3 Å². The maximum absolute atomic E-state index is 12.3. The molecule has 0 saturated carbocycles. The van der Waals surface area contributed by atoms with Crippen LogP contribution >= 0.6 is 11.3 Å². The molecule has 2 N–H and O–H groups in total. The van der Waals surface area contributed by atoms with Gasteiger partial charge in [-0.25, -0.2) is 0 Å². The Bertz CT molecular complexity index is 565. The molecule has 1 unspecified atom stereocenters. The number of thiophene rings is 1. The summed E-state index contributed by atoms with van der Waals surface area (Å²) in [5.74, 6) is 0.0540. The Balaban J connectivity index is 1.71. The number of benzene rings is 1. The molecule has 0 aliphatic carbocycles. The predicted octanol–water partition coefficient (Wildman–Crippen LogP) is 2.25. The number of carbonyl (C=O) groups excluding carboxylic acids is 1. The van der Waals surface area contributed by atoms with Crippen LogP contribution in [-0.4, -0.2) is 12.5 Å². The number of fused-ring (bicyclic) bond motifs is 1. The molecule has 3 rings (SSSR count). The third kappa shape index (κ3) is 2.69. The summed E-state index contributed by atoms with van der Waals surface area (Å²) in [6.07, 6.45) is 0.991. The highest BCUT2D eigenvalue weighted by atomic mass is 32.1. The van der Waals surface area contributed by atoms with Crippen LogP contribution in [0.15, 0.2) is 41.1 Å². The highest BCUT2D eigenvalue weighted by molar-refractivity contribution is 7.07. The van der Waals surface area contributed by atoms with Crippen molar-refractivity contribution in [2.24, 2.45) is 0 Å². The average molecular weight is 272 g/mol. The lowest BCUT2D eigenvalue weighted by atomic mass is 9.94. The van der Waals surface area contributed by atoms with E-state index in [4.69, 9.17) is 0 Å². The smallest absolute Gasteiger partial charge is 0.242 e. The third-order valence-corrected chi connectivity index (χ3v) is 4.15. The van der Waals surface area contributed by atoms with E-state index in [2.05, 4.69) is 22.1 Å². The molecule has 1 aromatic heterocycles. The normalized spacial score (nSPS) is 17.8. The summed E-state index contributed by atoms with van der Waals surface area (Å²) in [4.78, 5) is 12.3. The van der Waals surface area contributed by atoms with Crippen LogP contribution in [0.4, 0.5) is 0 Å². The van der Waals surface area contributed by atoms with Crippen LogP contribution in [0.2, 0.25) is 0 Å². The van der Waals surface area contributed by atoms with Crippen molar-refractivity contribution in [3.8, 4) is 0 Å². The first kappa shape index (κ1) is 12.4. The zero-order valence-corrected chi connectivity index (χ0v) is 11.4. The van der Waals surface area contributed by atoms with Gasteiger partial charge in [0.05, 0.1) is 0 Å². The molecule has 19 heavy (non-hydrogen) atoms. The highest BCUT2D eigenvalue weighted by Crippen LogP contribution is 2.22. The van der Waals surface area contributed by atoms with E-state index in [0.29, 0.717) is 6.54 Å². The van der Waals surface area contributed by atoms with Crippen molar-refractivity contribution >= 4 is 17.2 Å². The Morgan fingerprint density at radius 3 is 3.11 bits per heavy atom. The largest absolute Gasteiger partial charge is 0.350 e. The quantitative estimate of drug-likeness (QED) is 0.900. The van der Waals surface area contributed by atoms with Gasteiger partial charge < -0.3 is 10.6 Å². The van der Waals surface area contributed by atoms with Gasteiger partial charge >= 0.3 is 0 Å². The molecule has 4 heteroatoms. The first-order valence-corrected chi connectivity index (χ1v) is 7.39. The fourth-order valence-corrected chi connectivity index (χ4v) is 3.09. The Labute approximate surface area is 116 Å². The molecule has 0 saturated heterocycles. The molecule has 0 fully saturated rings. The second kappa shape index (κ2) is 5.55. The number of rotatable bonds is 3. The topological polar surface area (TPSA) is 41.1 Å². The lowest BCUT2D eigenvalue weighted by Gasteiger charge is -2.26. The summed E-state index contributed by atoms with van der Waals surface area (Å²) in [7, 11) is 0. The van der Waals surface area contributed by atoms with Gasteiger partial charge in [-0.3, -0.25) is 4.79 Å². The molecule has 2 aromatic rings. The van der Waals surface area contributed by atoms with Crippen molar-refractivity contribution in [3.05, 3.63) is 57.8 Å². The van der Waals surface area contributed by atoms with Crippen LogP contribution in [0.25, 0.3) is 0 Å². The van der Waals surface area contributed by atoms with Crippen LogP contribution in [0, 0.1) is 0 Å². The summed E-state index contributed by atoms with van der Waals surface area (Å²) in [6.45, 7) is 1.45.